The number of benzene rings is 2. The van der Waals surface area contributed by atoms with Crippen molar-refractivity contribution in [3.63, 3.8) is 0 Å². The van der Waals surface area contributed by atoms with E-state index in [2.05, 4.69) is 10.0 Å². The minimum Gasteiger partial charge on any atom is -0.494 e. The molecule has 134 valence electrons. The number of ether oxygens (including phenoxy) is 1. The van der Waals surface area contributed by atoms with Gasteiger partial charge >= 0.3 is 0 Å². The molecule has 0 aromatic heterocycles. The highest BCUT2D eigenvalue weighted by atomic mass is 32.2. The molecule has 7 heteroatoms. The summed E-state index contributed by atoms with van der Waals surface area (Å²) in [4.78, 5) is 12.5. The van der Waals surface area contributed by atoms with Crippen LogP contribution in [0.4, 0.5) is 0 Å². The zero-order chi connectivity index (χ0) is 18.4. The monoisotopic (exact) mass is 362 g/mol. The zero-order valence-corrected chi connectivity index (χ0v) is 15.3. The van der Waals surface area contributed by atoms with Crippen molar-refractivity contribution in [3.8, 4) is 5.75 Å². The third-order valence-corrected chi connectivity index (χ3v) is 5.10. The Kier molecular flexibility index (Phi) is 6.17. The number of rotatable bonds is 7. The van der Waals surface area contributed by atoms with Crippen LogP contribution in [0, 0.1) is 0 Å². The summed E-state index contributed by atoms with van der Waals surface area (Å²) in [5.41, 5.74) is 1.18. The van der Waals surface area contributed by atoms with Gasteiger partial charge in [0.1, 0.15) is 5.75 Å². The van der Waals surface area contributed by atoms with Crippen LogP contribution in [-0.4, -0.2) is 28.0 Å². The van der Waals surface area contributed by atoms with E-state index in [1.54, 1.807) is 12.1 Å². The van der Waals surface area contributed by atoms with Crippen LogP contribution in [0.5, 0.6) is 5.75 Å². The van der Waals surface area contributed by atoms with Crippen LogP contribution in [-0.2, 0) is 10.0 Å². The molecule has 0 aliphatic heterocycles. The van der Waals surface area contributed by atoms with Crippen LogP contribution in [0.15, 0.2) is 53.4 Å². The highest BCUT2D eigenvalue weighted by Crippen LogP contribution is 2.20. The van der Waals surface area contributed by atoms with E-state index in [0.29, 0.717) is 6.61 Å². The van der Waals surface area contributed by atoms with Crippen LogP contribution in [0.3, 0.4) is 0 Å². The summed E-state index contributed by atoms with van der Waals surface area (Å²) in [5, 5.41) is 2.87. The quantitative estimate of drug-likeness (QED) is 0.792. The summed E-state index contributed by atoms with van der Waals surface area (Å²) >= 11 is 0. The van der Waals surface area contributed by atoms with E-state index in [-0.39, 0.29) is 22.4 Å². The number of sulfonamides is 1. The summed E-state index contributed by atoms with van der Waals surface area (Å²) in [6.45, 7) is 4.33. The Morgan fingerprint density at radius 1 is 1.16 bits per heavy atom. The molecular weight excluding hydrogens is 340 g/mol. The minimum atomic E-state index is -3.59. The molecule has 0 aliphatic carbocycles. The van der Waals surface area contributed by atoms with E-state index < -0.39 is 10.0 Å². The smallest absolute Gasteiger partial charge is 0.251 e. The third-order valence-electron chi connectivity index (χ3n) is 3.69. The molecule has 6 nitrogen and oxygen atoms in total. The fraction of sp³-hybridized carbons (Fsp3) is 0.278. The fourth-order valence-corrected chi connectivity index (χ4v) is 3.10. The Morgan fingerprint density at radius 2 is 1.88 bits per heavy atom. The molecule has 0 bridgehead atoms. The first-order valence-electron chi connectivity index (χ1n) is 7.94. The average Bonchev–Trinajstić information content (AvgIpc) is 2.62. The lowest BCUT2D eigenvalue weighted by Gasteiger charge is -2.16. The van der Waals surface area contributed by atoms with E-state index in [0.717, 1.165) is 11.3 Å². The lowest BCUT2D eigenvalue weighted by molar-refractivity contribution is 0.0939. The molecule has 2 aromatic carbocycles. The zero-order valence-electron chi connectivity index (χ0n) is 14.4. The van der Waals surface area contributed by atoms with Crippen molar-refractivity contribution in [2.24, 2.45) is 0 Å². The number of nitrogens with one attached hydrogen (secondary N) is 2. The van der Waals surface area contributed by atoms with E-state index in [1.165, 1.54) is 19.2 Å². The van der Waals surface area contributed by atoms with Crippen LogP contribution >= 0.6 is 0 Å². The molecule has 0 aliphatic rings. The summed E-state index contributed by atoms with van der Waals surface area (Å²) in [7, 11) is -2.26. The highest BCUT2D eigenvalue weighted by Gasteiger charge is 2.16. The largest absolute Gasteiger partial charge is 0.494 e. The first-order chi connectivity index (χ1) is 11.9. The summed E-state index contributed by atoms with van der Waals surface area (Å²) in [6, 6.07) is 13.1. The van der Waals surface area contributed by atoms with Gasteiger partial charge in [-0.1, -0.05) is 18.2 Å². The Morgan fingerprint density at radius 3 is 2.56 bits per heavy atom. The molecule has 0 saturated carbocycles. The van der Waals surface area contributed by atoms with Crippen LogP contribution < -0.4 is 14.8 Å². The second-order valence-corrected chi connectivity index (χ2v) is 7.32. The van der Waals surface area contributed by atoms with Crippen molar-refractivity contribution in [2.45, 2.75) is 24.8 Å². The molecule has 2 rings (SSSR count). The minimum absolute atomic E-state index is 0.0497. The van der Waals surface area contributed by atoms with Gasteiger partial charge in [0.15, 0.2) is 0 Å². The molecule has 2 N–H and O–H groups in total. The average molecular weight is 362 g/mol. The number of amides is 1. The number of carbonyl (C=O) groups is 1. The lowest BCUT2D eigenvalue weighted by atomic mass is 10.1. The predicted octanol–water partition coefficient (Wildman–Crippen LogP) is 2.48. The molecule has 0 heterocycles. The van der Waals surface area contributed by atoms with Gasteiger partial charge in [-0.25, -0.2) is 13.1 Å². The van der Waals surface area contributed by atoms with Gasteiger partial charge in [-0.05, 0) is 56.8 Å². The number of hydrogen-bond acceptors (Lipinski definition) is 4. The maximum atomic E-state index is 12.4. The Bertz CT molecular complexity index is 850. The van der Waals surface area contributed by atoms with E-state index in [1.807, 2.05) is 38.1 Å². The Balaban J connectivity index is 2.17. The SMILES string of the molecule is CCOc1cccc(C(C)NC(=O)c2cccc(S(=O)(=O)NC)c2)c1. The van der Waals surface area contributed by atoms with Crippen molar-refractivity contribution in [1.29, 1.82) is 0 Å². The van der Waals surface area contributed by atoms with Crippen molar-refractivity contribution in [3.05, 3.63) is 59.7 Å². The number of hydrogen-bond donors (Lipinski definition) is 2. The van der Waals surface area contributed by atoms with Crippen LogP contribution in [0.25, 0.3) is 0 Å². The number of carbonyl (C=O) groups excluding carboxylic acids is 1. The molecule has 25 heavy (non-hydrogen) atoms. The molecular formula is C18H22N2O4S. The molecule has 1 amide bonds. The van der Waals surface area contributed by atoms with E-state index >= 15 is 0 Å². The summed E-state index contributed by atoms with van der Waals surface area (Å²) in [6.07, 6.45) is 0. The summed E-state index contributed by atoms with van der Waals surface area (Å²) < 4.78 is 31.4. The fourth-order valence-electron chi connectivity index (χ4n) is 2.33. The van der Waals surface area contributed by atoms with Crippen molar-refractivity contribution < 1.29 is 17.9 Å². The van der Waals surface area contributed by atoms with Gasteiger partial charge in [-0.3, -0.25) is 4.79 Å². The van der Waals surface area contributed by atoms with Crippen molar-refractivity contribution in [2.75, 3.05) is 13.7 Å². The summed E-state index contributed by atoms with van der Waals surface area (Å²) in [5.74, 6) is 0.394. The molecule has 2 aromatic rings. The molecule has 0 spiro atoms. The maximum absolute atomic E-state index is 12.4. The van der Waals surface area contributed by atoms with Crippen LogP contribution in [0.1, 0.15) is 35.8 Å². The highest BCUT2D eigenvalue weighted by molar-refractivity contribution is 7.89. The predicted molar refractivity (Wildman–Crippen MR) is 96.2 cm³/mol. The van der Waals surface area contributed by atoms with Gasteiger partial charge in [-0.2, -0.15) is 0 Å². The Hall–Kier alpha value is -2.38. The maximum Gasteiger partial charge on any atom is 0.251 e. The van der Waals surface area contributed by atoms with E-state index in [9.17, 15) is 13.2 Å². The third kappa shape index (κ3) is 4.80. The second kappa shape index (κ2) is 8.13. The first-order valence-corrected chi connectivity index (χ1v) is 9.43. The first kappa shape index (κ1) is 19.0. The normalized spacial score (nSPS) is 12.4. The van der Waals surface area contributed by atoms with Crippen LogP contribution in [0.2, 0.25) is 0 Å². The Labute approximate surface area is 148 Å². The lowest BCUT2D eigenvalue weighted by Crippen LogP contribution is -2.27. The second-order valence-electron chi connectivity index (χ2n) is 5.44. The van der Waals surface area contributed by atoms with Gasteiger partial charge in [-0.15, -0.1) is 0 Å². The van der Waals surface area contributed by atoms with E-state index in [4.69, 9.17) is 4.74 Å². The van der Waals surface area contributed by atoms with Gasteiger partial charge < -0.3 is 10.1 Å². The van der Waals surface area contributed by atoms with Gasteiger partial charge in [0.2, 0.25) is 10.0 Å². The standard InChI is InChI=1S/C18H22N2O4S/c1-4-24-16-9-5-7-14(11-16)13(2)20-18(21)15-8-6-10-17(12-15)25(22,23)19-3/h5-13,19H,4H2,1-3H3,(H,20,21). The topological polar surface area (TPSA) is 84.5 Å². The molecule has 1 atom stereocenters. The van der Waals surface area contributed by atoms with Gasteiger partial charge in [0, 0.05) is 5.56 Å². The van der Waals surface area contributed by atoms with Gasteiger partial charge in [0.05, 0.1) is 17.5 Å². The molecule has 1 unspecified atom stereocenters. The molecule has 0 radical (unpaired) electrons. The van der Waals surface area contributed by atoms with Crippen molar-refractivity contribution >= 4 is 15.9 Å². The molecule has 0 fully saturated rings. The van der Waals surface area contributed by atoms with Crippen molar-refractivity contribution in [1.82, 2.24) is 10.0 Å². The van der Waals surface area contributed by atoms with Gasteiger partial charge in [0.25, 0.3) is 5.91 Å². The molecule has 0 saturated heterocycles.